The number of alkyl halides is 3. The molecule has 1 aromatic carbocycles. The Morgan fingerprint density at radius 1 is 1.10 bits per heavy atom. The van der Waals surface area contributed by atoms with Crippen LogP contribution in [-0.4, -0.2) is 33.8 Å². The van der Waals surface area contributed by atoms with Crippen LogP contribution in [0.1, 0.15) is 29.9 Å². The Morgan fingerprint density at radius 3 is 2.48 bits per heavy atom. The van der Waals surface area contributed by atoms with Gasteiger partial charge in [0.05, 0.1) is 10.9 Å². The zero-order valence-corrected chi connectivity index (χ0v) is 17.0. The fraction of sp³-hybridized carbons (Fsp3) is 0.333. The Kier molecular flexibility index (Phi) is 6.57. The average Bonchev–Trinajstić information content (AvgIpc) is 2.72. The lowest BCUT2D eigenvalue weighted by molar-refractivity contribution is -0.137. The van der Waals surface area contributed by atoms with E-state index in [1.54, 1.807) is 24.3 Å². The van der Waals surface area contributed by atoms with Crippen molar-refractivity contribution in [2.45, 2.75) is 26.6 Å². The fourth-order valence-corrected chi connectivity index (χ4v) is 3.09. The van der Waals surface area contributed by atoms with Gasteiger partial charge in [0.15, 0.2) is 5.69 Å². The number of hydrogen-bond acceptors (Lipinski definition) is 5. The summed E-state index contributed by atoms with van der Waals surface area (Å²) in [5.41, 5.74) is -1.07. The van der Waals surface area contributed by atoms with Crippen LogP contribution < -0.4 is 16.2 Å². The molecule has 2 heterocycles. The van der Waals surface area contributed by atoms with Crippen LogP contribution in [0.4, 0.5) is 19.0 Å². The van der Waals surface area contributed by atoms with Gasteiger partial charge in [-0.15, -0.1) is 0 Å². The molecule has 0 bridgehead atoms. The van der Waals surface area contributed by atoms with Crippen LogP contribution in [0, 0.1) is 5.92 Å². The molecular weight excluding hydrogens is 411 g/mol. The monoisotopic (exact) mass is 433 g/mol. The number of carbonyl (C=O) groups excluding carboxylic acids is 1. The van der Waals surface area contributed by atoms with Crippen LogP contribution in [0.15, 0.2) is 47.4 Å². The van der Waals surface area contributed by atoms with Crippen LogP contribution in [0.3, 0.4) is 0 Å². The molecule has 0 saturated carbocycles. The number of nitrogens with one attached hydrogen (secondary N) is 2. The van der Waals surface area contributed by atoms with Crippen LogP contribution in [0.25, 0.3) is 10.8 Å². The molecule has 0 spiro atoms. The molecule has 10 heteroatoms. The Bertz CT molecular complexity index is 1140. The predicted molar refractivity (Wildman–Crippen MR) is 111 cm³/mol. The number of anilines is 1. The van der Waals surface area contributed by atoms with Crippen molar-refractivity contribution in [3.8, 4) is 0 Å². The average molecular weight is 433 g/mol. The molecule has 0 fully saturated rings. The summed E-state index contributed by atoms with van der Waals surface area (Å²) < 4.78 is 40.4. The van der Waals surface area contributed by atoms with E-state index in [0.717, 1.165) is 6.07 Å². The third-order valence-electron chi connectivity index (χ3n) is 4.44. The number of aromatic nitrogens is 3. The van der Waals surface area contributed by atoms with Gasteiger partial charge in [-0.3, -0.25) is 9.59 Å². The van der Waals surface area contributed by atoms with E-state index in [4.69, 9.17) is 0 Å². The maximum atomic E-state index is 13.0. The molecule has 7 nitrogen and oxygen atoms in total. The number of carbonyl (C=O) groups is 1. The van der Waals surface area contributed by atoms with Crippen molar-refractivity contribution >= 4 is 22.5 Å². The molecule has 0 radical (unpaired) electrons. The van der Waals surface area contributed by atoms with Crippen molar-refractivity contribution in [1.29, 1.82) is 0 Å². The highest BCUT2D eigenvalue weighted by atomic mass is 19.4. The highest BCUT2D eigenvalue weighted by Crippen LogP contribution is 2.33. The second-order valence-corrected chi connectivity index (χ2v) is 7.36. The van der Waals surface area contributed by atoms with E-state index in [9.17, 15) is 22.8 Å². The molecule has 3 aromatic rings. The Morgan fingerprint density at radius 2 is 1.81 bits per heavy atom. The van der Waals surface area contributed by atoms with E-state index in [2.05, 4.69) is 20.7 Å². The Hall–Kier alpha value is -3.43. The molecule has 0 aliphatic rings. The van der Waals surface area contributed by atoms with Gasteiger partial charge in [0.25, 0.3) is 11.5 Å². The van der Waals surface area contributed by atoms with E-state index in [-0.39, 0.29) is 36.1 Å². The van der Waals surface area contributed by atoms with Crippen LogP contribution in [0.2, 0.25) is 0 Å². The van der Waals surface area contributed by atoms with Crippen LogP contribution in [-0.2, 0) is 12.7 Å². The first-order chi connectivity index (χ1) is 14.7. The summed E-state index contributed by atoms with van der Waals surface area (Å²) in [6, 6.07) is 8.82. The molecule has 1 amide bonds. The number of nitrogens with zero attached hydrogens (tertiary/aromatic N) is 3. The number of benzene rings is 1. The van der Waals surface area contributed by atoms with Gasteiger partial charge in [0.2, 0.25) is 0 Å². The molecule has 31 heavy (non-hydrogen) atoms. The summed E-state index contributed by atoms with van der Waals surface area (Å²) in [7, 11) is 0. The first-order valence-corrected chi connectivity index (χ1v) is 9.72. The summed E-state index contributed by atoms with van der Waals surface area (Å²) >= 11 is 0. The van der Waals surface area contributed by atoms with Crippen LogP contribution in [0.5, 0.6) is 0 Å². The Labute approximate surface area is 176 Å². The van der Waals surface area contributed by atoms with Gasteiger partial charge in [-0.2, -0.15) is 18.3 Å². The van der Waals surface area contributed by atoms with E-state index >= 15 is 0 Å². The van der Waals surface area contributed by atoms with E-state index in [1.165, 1.54) is 16.9 Å². The molecule has 0 aliphatic carbocycles. The number of hydrogen-bond donors (Lipinski definition) is 2. The highest BCUT2D eigenvalue weighted by Gasteiger charge is 2.33. The topological polar surface area (TPSA) is 88.9 Å². The van der Waals surface area contributed by atoms with Gasteiger partial charge in [-0.25, -0.2) is 9.67 Å². The van der Waals surface area contributed by atoms with Crippen LogP contribution >= 0.6 is 0 Å². The normalized spacial score (nSPS) is 11.7. The lowest BCUT2D eigenvalue weighted by Gasteiger charge is -2.14. The van der Waals surface area contributed by atoms with E-state index < -0.39 is 17.6 Å². The minimum absolute atomic E-state index is 0.0232. The van der Waals surface area contributed by atoms with Gasteiger partial charge in [-0.05, 0) is 24.1 Å². The minimum atomic E-state index is -4.53. The number of pyridine rings is 1. The van der Waals surface area contributed by atoms with Gasteiger partial charge >= 0.3 is 6.18 Å². The van der Waals surface area contributed by atoms with Crippen molar-refractivity contribution in [2.75, 3.05) is 18.4 Å². The first kappa shape index (κ1) is 22.3. The molecule has 3 rings (SSSR count). The zero-order chi connectivity index (χ0) is 22.6. The second kappa shape index (κ2) is 9.15. The highest BCUT2D eigenvalue weighted by molar-refractivity contribution is 6.04. The molecule has 0 atom stereocenters. The number of fused-ring (bicyclic) bond motifs is 1. The SMILES string of the molecule is CC(C)Cn1nc(C(=O)NCCNc2ncccc2C(F)(F)F)c2ccccc2c1=O. The summed E-state index contributed by atoms with van der Waals surface area (Å²) in [4.78, 5) is 29.1. The molecule has 2 aromatic heterocycles. The van der Waals surface area contributed by atoms with E-state index in [0.29, 0.717) is 17.3 Å². The molecule has 2 N–H and O–H groups in total. The lowest BCUT2D eigenvalue weighted by Crippen LogP contribution is -2.33. The molecular formula is C21H22F3N5O2. The first-order valence-electron chi connectivity index (χ1n) is 9.72. The maximum absolute atomic E-state index is 13.0. The zero-order valence-electron chi connectivity index (χ0n) is 17.0. The Balaban J connectivity index is 1.75. The van der Waals surface area contributed by atoms with Crippen molar-refractivity contribution < 1.29 is 18.0 Å². The third kappa shape index (κ3) is 5.19. The number of rotatable bonds is 7. The van der Waals surface area contributed by atoms with Gasteiger partial charge < -0.3 is 10.6 Å². The van der Waals surface area contributed by atoms with Crippen molar-refractivity contribution in [3.63, 3.8) is 0 Å². The molecule has 164 valence electrons. The number of halogens is 3. The smallest absolute Gasteiger partial charge is 0.368 e. The van der Waals surface area contributed by atoms with Gasteiger partial charge in [0, 0.05) is 31.2 Å². The van der Waals surface area contributed by atoms with Crippen molar-refractivity contribution in [3.05, 3.63) is 64.2 Å². The minimum Gasteiger partial charge on any atom is -0.368 e. The quantitative estimate of drug-likeness (QED) is 0.558. The standard InChI is InChI=1S/C21H22F3N5O2/c1-13(2)12-29-20(31)15-7-4-3-6-14(15)17(28-29)19(30)27-11-10-26-18-16(21(22,23)24)8-5-9-25-18/h3-9,13H,10-12H2,1-2H3,(H,25,26)(H,27,30). The summed E-state index contributed by atoms with van der Waals surface area (Å²) in [5.74, 6) is -0.682. The summed E-state index contributed by atoms with van der Waals surface area (Å²) in [5, 5.41) is 10.3. The predicted octanol–water partition coefficient (Wildman–Crippen LogP) is 3.31. The second-order valence-electron chi connectivity index (χ2n) is 7.36. The number of amides is 1. The summed E-state index contributed by atoms with van der Waals surface area (Å²) in [6.45, 7) is 4.27. The maximum Gasteiger partial charge on any atom is 0.419 e. The molecule has 0 unspecified atom stereocenters. The van der Waals surface area contributed by atoms with Crippen molar-refractivity contribution in [2.24, 2.45) is 5.92 Å². The lowest BCUT2D eigenvalue weighted by atomic mass is 10.1. The van der Waals surface area contributed by atoms with Crippen molar-refractivity contribution in [1.82, 2.24) is 20.1 Å². The largest absolute Gasteiger partial charge is 0.419 e. The molecule has 0 saturated heterocycles. The molecule has 0 aliphatic heterocycles. The van der Waals surface area contributed by atoms with Gasteiger partial charge in [-0.1, -0.05) is 32.0 Å². The van der Waals surface area contributed by atoms with E-state index in [1.807, 2.05) is 13.8 Å². The summed E-state index contributed by atoms with van der Waals surface area (Å²) in [6.07, 6.45) is -3.28. The van der Waals surface area contributed by atoms with Gasteiger partial charge in [0.1, 0.15) is 5.82 Å². The fourth-order valence-electron chi connectivity index (χ4n) is 3.09. The third-order valence-corrected chi connectivity index (χ3v) is 4.44.